The third kappa shape index (κ3) is 2.54. The molecule has 7 nitrogen and oxygen atoms in total. The summed E-state index contributed by atoms with van der Waals surface area (Å²) in [6, 6.07) is 11.1. The third-order valence-corrected chi connectivity index (χ3v) is 4.29. The van der Waals surface area contributed by atoms with Crippen molar-refractivity contribution in [3.05, 3.63) is 65.1 Å². The summed E-state index contributed by atoms with van der Waals surface area (Å²) in [5, 5.41) is 16.4. The van der Waals surface area contributed by atoms with Crippen molar-refractivity contribution in [1.29, 1.82) is 5.26 Å². The number of nitrogens with one attached hydrogen (secondary N) is 1. The number of carbonyl (C=O) groups is 1. The molecule has 1 aliphatic heterocycles. The topological polar surface area (TPSA) is 96.5 Å². The summed E-state index contributed by atoms with van der Waals surface area (Å²) in [6.07, 6.45) is 3.60. The van der Waals surface area contributed by atoms with Crippen molar-refractivity contribution in [2.45, 2.75) is 19.3 Å². The fourth-order valence-electron chi connectivity index (χ4n) is 3.17. The number of hydrogen-bond donors (Lipinski definition) is 1. The van der Waals surface area contributed by atoms with Crippen LogP contribution in [0.15, 0.2) is 42.7 Å². The van der Waals surface area contributed by atoms with Crippen LogP contribution in [0.25, 0.3) is 5.95 Å². The van der Waals surface area contributed by atoms with Crippen LogP contribution in [-0.2, 0) is 4.79 Å². The highest BCUT2D eigenvalue weighted by atomic mass is 16.1. The normalized spacial score (nSPS) is 16.0. The van der Waals surface area contributed by atoms with Crippen LogP contribution in [0.2, 0.25) is 0 Å². The maximum Gasteiger partial charge on any atom is 0.252 e. The van der Waals surface area contributed by atoms with Gasteiger partial charge in [0.2, 0.25) is 5.91 Å². The summed E-state index contributed by atoms with van der Waals surface area (Å²) in [6.45, 7) is 1.91. The van der Waals surface area contributed by atoms with Gasteiger partial charge < -0.3 is 5.32 Å². The molecule has 0 saturated carbocycles. The van der Waals surface area contributed by atoms with Crippen molar-refractivity contribution in [3.63, 3.8) is 0 Å². The molecule has 1 aliphatic rings. The van der Waals surface area contributed by atoms with Gasteiger partial charge in [0.05, 0.1) is 17.3 Å². The van der Waals surface area contributed by atoms with Gasteiger partial charge >= 0.3 is 0 Å². The summed E-state index contributed by atoms with van der Waals surface area (Å²) in [4.78, 5) is 20.7. The van der Waals surface area contributed by atoms with Gasteiger partial charge in [-0.1, -0.05) is 12.1 Å². The average molecular weight is 330 g/mol. The van der Waals surface area contributed by atoms with E-state index < -0.39 is 0 Å². The van der Waals surface area contributed by atoms with E-state index in [9.17, 15) is 4.79 Å². The second kappa shape index (κ2) is 5.83. The number of fused-ring (bicyclic) bond motifs is 1. The highest BCUT2D eigenvalue weighted by molar-refractivity contribution is 5.95. The van der Waals surface area contributed by atoms with E-state index in [0.29, 0.717) is 23.8 Å². The monoisotopic (exact) mass is 330 g/mol. The van der Waals surface area contributed by atoms with Gasteiger partial charge in [0.25, 0.3) is 5.95 Å². The van der Waals surface area contributed by atoms with Crippen molar-refractivity contribution in [3.8, 4) is 12.0 Å². The van der Waals surface area contributed by atoms with Crippen molar-refractivity contribution in [2.75, 3.05) is 5.32 Å². The molecule has 2 aromatic heterocycles. The summed E-state index contributed by atoms with van der Waals surface area (Å²) >= 11 is 0. The van der Waals surface area contributed by atoms with Gasteiger partial charge in [0.15, 0.2) is 0 Å². The van der Waals surface area contributed by atoms with Gasteiger partial charge in [-0.05, 0) is 30.7 Å². The highest BCUT2D eigenvalue weighted by Crippen LogP contribution is 2.39. The number of amides is 1. The first-order valence-electron chi connectivity index (χ1n) is 7.84. The predicted octanol–water partition coefficient (Wildman–Crippen LogP) is 2.32. The number of carbonyl (C=O) groups excluding carboxylic acids is 1. The summed E-state index contributed by atoms with van der Waals surface area (Å²) in [7, 11) is 0. The largest absolute Gasteiger partial charge is 0.310 e. The zero-order chi connectivity index (χ0) is 17.4. The number of nitrogens with zero attached hydrogens (tertiary/aromatic N) is 5. The number of aromatic nitrogens is 4. The molecule has 0 saturated heterocycles. The molecule has 0 unspecified atom stereocenters. The Balaban J connectivity index is 1.85. The van der Waals surface area contributed by atoms with E-state index in [0.717, 1.165) is 16.8 Å². The molecule has 1 amide bonds. The molecule has 0 aliphatic carbocycles. The van der Waals surface area contributed by atoms with Crippen LogP contribution in [0.3, 0.4) is 0 Å². The molecule has 25 heavy (non-hydrogen) atoms. The van der Waals surface area contributed by atoms with Crippen LogP contribution < -0.4 is 5.32 Å². The van der Waals surface area contributed by atoms with E-state index in [1.807, 2.05) is 19.1 Å². The van der Waals surface area contributed by atoms with E-state index in [2.05, 4.69) is 26.5 Å². The average Bonchev–Trinajstić information content (AvgIpc) is 2.98. The Morgan fingerprint density at radius 2 is 1.96 bits per heavy atom. The molecule has 0 radical (unpaired) electrons. The number of hydrogen-bond acceptors (Lipinski definition) is 5. The third-order valence-electron chi connectivity index (χ3n) is 4.29. The van der Waals surface area contributed by atoms with Crippen LogP contribution in [0.5, 0.6) is 0 Å². The predicted molar refractivity (Wildman–Crippen MR) is 90.1 cm³/mol. The second-order valence-electron chi connectivity index (χ2n) is 5.85. The first kappa shape index (κ1) is 15.0. The van der Waals surface area contributed by atoms with Gasteiger partial charge in [0.1, 0.15) is 5.82 Å². The summed E-state index contributed by atoms with van der Waals surface area (Å²) < 4.78 is 1.57. The first-order chi connectivity index (χ1) is 12.2. The number of aryl methyl sites for hydroxylation is 1. The number of anilines is 1. The minimum Gasteiger partial charge on any atom is -0.310 e. The van der Waals surface area contributed by atoms with E-state index in [-0.39, 0.29) is 11.8 Å². The zero-order valence-corrected chi connectivity index (χ0v) is 13.5. The van der Waals surface area contributed by atoms with Crippen LogP contribution in [-0.4, -0.2) is 25.7 Å². The van der Waals surface area contributed by atoms with Gasteiger partial charge in [0, 0.05) is 30.3 Å². The minimum atomic E-state index is -0.117. The van der Waals surface area contributed by atoms with Crippen LogP contribution >= 0.6 is 0 Å². The standard InChI is InChI=1S/C18H14N6O/c1-11-16-14(13-5-3-12(10-19)4-6-13)9-15(25)22-17(16)24(23-11)18-20-7-2-8-21-18/h2-8,14H,9H2,1H3,(H,22,25)/t14-/m1/s1. The zero-order valence-electron chi connectivity index (χ0n) is 13.5. The minimum absolute atomic E-state index is 0.0843. The fourth-order valence-corrected chi connectivity index (χ4v) is 3.17. The number of benzene rings is 1. The molecule has 0 fully saturated rings. The van der Waals surface area contributed by atoms with Gasteiger partial charge in [-0.15, -0.1) is 0 Å². The quantitative estimate of drug-likeness (QED) is 0.778. The Hall–Kier alpha value is -3.53. The Morgan fingerprint density at radius 1 is 1.24 bits per heavy atom. The van der Waals surface area contributed by atoms with Gasteiger partial charge in [-0.2, -0.15) is 15.0 Å². The van der Waals surface area contributed by atoms with Crippen LogP contribution in [0, 0.1) is 18.3 Å². The van der Waals surface area contributed by atoms with E-state index in [4.69, 9.17) is 5.26 Å². The molecular formula is C18H14N6O. The SMILES string of the molecule is Cc1nn(-c2ncccn2)c2c1[C@@H](c1ccc(C#N)cc1)CC(=O)N2. The van der Waals surface area contributed by atoms with Crippen molar-refractivity contribution in [2.24, 2.45) is 0 Å². The Morgan fingerprint density at radius 3 is 2.64 bits per heavy atom. The first-order valence-corrected chi connectivity index (χ1v) is 7.84. The summed E-state index contributed by atoms with van der Waals surface area (Å²) in [5.41, 5.74) is 3.34. The molecule has 1 aromatic carbocycles. The number of nitriles is 1. The lowest BCUT2D eigenvalue weighted by Crippen LogP contribution is -2.25. The molecule has 3 aromatic rings. The van der Waals surface area contributed by atoms with E-state index >= 15 is 0 Å². The molecule has 0 spiro atoms. The molecular weight excluding hydrogens is 316 g/mol. The Kier molecular flexibility index (Phi) is 3.51. The van der Waals surface area contributed by atoms with Crippen LogP contribution in [0.4, 0.5) is 5.82 Å². The molecule has 1 N–H and O–H groups in total. The molecule has 1 atom stereocenters. The maximum atomic E-state index is 12.3. The molecule has 122 valence electrons. The summed E-state index contributed by atoms with van der Waals surface area (Å²) in [5.74, 6) is 0.815. The number of rotatable bonds is 2. The van der Waals surface area contributed by atoms with Crippen LogP contribution in [0.1, 0.15) is 34.7 Å². The van der Waals surface area contributed by atoms with Gasteiger partial charge in [-0.3, -0.25) is 4.79 Å². The Bertz CT molecular complexity index is 985. The molecule has 7 heteroatoms. The second-order valence-corrected chi connectivity index (χ2v) is 5.85. The smallest absolute Gasteiger partial charge is 0.252 e. The van der Waals surface area contributed by atoms with Crippen molar-refractivity contribution < 1.29 is 4.79 Å². The highest BCUT2D eigenvalue weighted by Gasteiger charge is 2.33. The fraction of sp³-hybridized carbons (Fsp3) is 0.167. The van der Waals surface area contributed by atoms with Gasteiger partial charge in [-0.25, -0.2) is 9.97 Å². The molecule has 3 heterocycles. The van der Waals surface area contributed by atoms with Crippen molar-refractivity contribution >= 4 is 11.7 Å². The lowest BCUT2D eigenvalue weighted by Gasteiger charge is -2.24. The van der Waals surface area contributed by atoms with E-state index in [1.54, 1.807) is 35.3 Å². The maximum absolute atomic E-state index is 12.3. The molecule has 0 bridgehead atoms. The Labute approximate surface area is 144 Å². The molecule has 4 rings (SSSR count). The van der Waals surface area contributed by atoms with E-state index in [1.165, 1.54) is 0 Å². The lowest BCUT2D eigenvalue weighted by atomic mass is 9.85. The lowest BCUT2D eigenvalue weighted by molar-refractivity contribution is -0.116. The van der Waals surface area contributed by atoms with Crippen molar-refractivity contribution in [1.82, 2.24) is 19.7 Å².